The molecule has 5 heteroatoms. The zero-order valence-corrected chi connectivity index (χ0v) is 14.3. The summed E-state index contributed by atoms with van der Waals surface area (Å²) in [5.74, 6) is 0.621. The first-order valence-corrected chi connectivity index (χ1v) is 7.94. The molecule has 5 nitrogen and oxygen atoms in total. The molecule has 0 radical (unpaired) electrons. The van der Waals surface area contributed by atoms with Crippen LogP contribution in [0.2, 0.25) is 0 Å². The highest BCUT2D eigenvalue weighted by Crippen LogP contribution is 2.29. The number of ether oxygens (including phenoxy) is 1. The molecule has 0 bridgehead atoms. The Morgan fingerprint density at radius 1 is 1.20 bits per heavy atom. The van der Waals surface area contributed by atoms with Gasteiger partial charge in [-0.05, 0) is 42.8 Å². The minimum atomic E-state index is -0.160. The number of benzene rings is 2. The van der Waals surface area contributed by atoms with Crippen molar-refractivity contribution in [3.63, 3.8) is 0 Å². The van der Waals surface area contributed by atoms with Gasteiger partial charge in [0.05, 0.1) is 18.5 Å². The van der Waals surface area contributed by atoms with E-state index in [1.807, 2.05) is 55.5 Å². The highest BCUT2D eigenvalue weighted by atomic mass is 16.5. The minimum absolute atomic E-state index is 0.160. The third kappa shape index (κ3) is 3.21. The van der Waals surface area contributed by atoms with Gasteiger partial charge in [0, 0.05) is 12.1 Å². The Labute approximate surface area is 147 Å². The summed E-state index contributed by atoms with van der Waals surface area (Å²) in [7, 11) is 1.63. The average Bonchev–Trinajstić information content (AvgIpc) is 2.92. The standard InChI is InChI=1S/C20H19N3O2/c1-4-13-23-18-8-6-5-7-17(18)19(20(23)24)22-21-14(2)15-9-11-16(25-3)12-10-15/h4-12H,1,13H2,2-3H3/b21-14-,22-19-. The minimum Gasteiger partial charge on any atom is -0.497 e. The molecule has 0 saturated carbocycles. The van der Waals surface area contributed by atoms with Crippen LogP contribution in [0.3, 0.4) is 0 Å². The SMILES string of the molecule is C=CCN1C(=O)/C(=N\N=C(\C)c2ccc(OC)cc2)c2ccccc21. The Bertz CT molecular complexity index is 867. The summed E-state index contributed by atoms with van der Waals surface area (Å²) in [5, 5.41) is 8.51. The second-order valence-electron chi connectivity index (χ2n) is 5.58. The van der Waals surface area contributed by atoms with E-state index in [2.05, 4.69) is 16.8 Å². The molecule has 0 aromatic heterocycles. The van der Waals surface area contributed by atoms with Crippen molar-refractivity contribution in [2.75, 3.05) is 18.6 Å². The number of carbonyl (C=O) groups excluding carboxylic acids is 1. The summed E-state index contributed by atoms with van der Waals surface area (Å²) in [5.41, 5.74) is 3.63. The Hall–Kier alpha value is -3.21. The maximum Gasteiger partial charge on any atom is 0.279 e. The van der Waals surface area contributed by atoms with Crippen molar-refractivity contribution in [1.29, 1.82) is 0 Å². The lowest BCUT2D eigenvalue weighted by Crippen LogP contribution is -2.30. The molecule has 0 fully saturated rings. The van der Waals surface area contributed by atoms with Crippen LogP contribution in [0.1, 0.15) is 18.1 Å². The Kier molecular flexibility index (Phi) is 4.75. The monoisotopic (exact) mass is 333 g/mol. The second-order valence-corrected chi connectivity index (χ2v) is 5.58. The van der Waals surface area contributed by atoms with E-state index in [4.69, 9.17) is 4.74 Å². The Balaban J connectivity index is 1.94. The molecular weight excluding hydrogens is 314 g/mol. The number of methoxy groups -OCH3 is 1. The molecule has 0 atom stereocenters. The molecule has 0 aliphatic carbocycles. The van der Waals surface area contributed by atoms with Crippen LogP contribution in [-0.2, 0) is 4.79 Å². The van der Waals surface area contributed by atoms with Crippen molar-refractivity contribution in [1.82, 2.24) is 0 Å². The summed E-state index contributed by atoms with van der Waals surface area (Å²) >= 11 is 0. The van der Waals surface area contributed by atoms with Crippen molar-refractivity contribution in [2.24, 2.45) is 10.2 Å². The number of fused-ring (bicyclic) bond motifs is 1. The van der Waals surface area contributed by atoms with Crippen LogP contribution in [0, 0.1) is 0 Å². The molecule has 3 rings (SSSR count). The lowest BCUT2D eigenvalue weighted by Gasteiger charge is -2.13. The van der Waals surface area contributed by atoms with Gasteiger partial charge >= 0.3 is 0 Å². The molecule has 2 aromatic carbocycles. The maximum atomic E-state index is 12.6. The zero-order valence-electron chi connectivity index (χ0n) is 14.3. The zero-order chi connectivity index (χ0) is 17.8. The van der Waals surface area contributed by atoms with Crippen molar-refractivity contribution < 1.29 is 9.53 Å². The van der Waals surface area contributed by atoms with Crippen LogP contribution in [0.15, 0.2) is 71.4 Å². The van der Waals surface area contributed by atoms with Crippen molar-refractivity contribution >= 4 is 23.0 Å². The first-order valence-electron chi connectivity index (χ1n) is 7.94. The van der Waals surface area contributed by atoms with Gasteiger partial charge in [-0.1, -0.05) is 24.3 Å². The molecule has 2 aromatic rings. The van der Waals surface area contributed by atoms with E-state index in [1.165, 1.54) is 0 Å². The lowest BCUT2D eigenvalue weighted by molar-refractivity contribution is -0.112. The topological polar surface area (TPSA) is 54.3 Å². The molecular formula is C20H19N3O2. The highest BCUT2D eigenvalue weighted by molar-refractivity contribution is 6.54. The number of carbonyl (C=O) groups is 1. The largest absolute Gasteiger partial charge is 0.497 e. The number of hydrogen-bond acceptors (Lipinski definition) is 4. The molecule has 1 amide bonds. The van der Waals surface area contributed by atoms with E-state index in [9.17, 15) is 4.79 Å². The van der Waals surface area contributed by atoms with Crippen LogP contribution in [0.5, 0.6) is 5.75 Å². The van der Waals surface area contributed by atoms with E-state index in [1.54, 1.807) is 18.1 Å². The van der Waals surface area contributed by atoms with Crippen LogP contribution in [0.4, 0.5) is 5.69 Å². The van der Waals surface area contributed by atoms with Crippen LogP contribution in [0.25, 0.3) is 0 Å². The van der Waals surface area contributed by atoms with E-state index < -0.39 is 0 Å². The summed E-state index contributed by atoms with van der Waals surface area (Å²) in [6, 6.07) is 15.1. The van der Waals surface area contributed by atoms with Crippen LogP contribution < -0.4 is 9.64 Å². The molecule has 25 heavy (non-hydrogen) atoms. The van der Waals surface area contributed by atoms with Gasteiger partial charge in [-0.25, -0.2) is 0 Å². The highest BCUT2D eigenvalue weighted by Gasteiger charge is 2.33. The van der Waals surface area contributed by atoms with Gasteiger partial charge in [-0.15, -0.1) is 11.7 Å². The second kappa shape index (κ2) is 7.13. The number of amides is 1. The fourth-order valence-electron chi connectivity index (χ4n) is 2.68. The van der Waals surface area contributed by atoms with E-state index in [-0.39, 0.29) is 5.91 Å². The summed E-state index contributed by atoms with van der Waals surface area (Å²) in [6.07, 6.45) is 1.70. The predicted molar refractivity (Wildman–Crippen MR) is 101 cm³/mol. The number of hydrogen-bond donors (Lipinski definition) is 0. The molecule has 1 heterocycles. The quantitative estimate of drug-likeness (QED) is 0.478. The first-order chi connectivity index (χ1) is 12.2. The number of rotatable bonds is 5. The molecule has 1 aliphatic rings. The lowest BCUT2D eigenvalue weighted by atomic mass is 10.1. The third-order valence-corrected chi connectivity index (χ3v) is 4.02. The number of anilines is 1. The van der Waals surface area contributed by atoms with Gasteiger partial charge in [0.25, 0.3) is 5.91 Å². The van der Waals surface area contributed by atoms with Crippen molar-refractivity contribution in [2.45, 2.75) is 6.92 Å². The fraction of sp³-hybridized carbons (Fsp3) is 0.150. The summed E-state index contributed by atoms with van der Waals surface area (Å²) in [6.45, 7) is 6.01. The van der Waals surface area contributed by atoms with Crippen LogP contribution >= 0.6 is 0 Å². The molecule has 0 N–H and O–H groups in total. The summed E-state index contributed by atoms with van der Waals surface area (Å²) in [4.78, 5) is 14.3. The van der Waals surface area contributed by atoms with Crippen LogP contribution in [-0.4, -0.2) is 31.0 Å². The molecule has 0 saturated heterocycles. The first kappa shape index (κ1) is 16.6. The summed E-state index contributed by atoms with van der Waals surface area (Å²) < 4.78 is 5.15. The van der Waals surface area contributed by atoms with Gasteiger partial charge in [0.2, 0.25) is 0 Å². The smallest absolute Gasteiger partial charge is 0.279 e. The fourth-order valence-corrected chi connectivity index (χ4v) is 2.68. The normalized spacial score (nSPS) is 15.4. The Morgan fingerprint density at radius 3 is 2.60 bits per heavy atom. The molecule has 1 aliphatic heterocycles. The third-order valence-electron chi connectivity index (χ3n) is 4.02. The molecule has 0 unspecified atom stereocenters. The van der Waals surface area contributed by atoms with Gasteiger partial charge in [-0.2, -0.15) is 5.10 Å². The maximum absolute atomic E-state index is 12.6. The van der Waals surface area contributed by atoms with Crippen molar-refractivity contribution in [3.05, 3.63) is 72.3 Å². The molecule has 126 valence electrons. The van der Waals surface area contributed by atoms with E-state index >= 15 is 0 Å². The molecule has 0 spiro atoms. The van der Waals surface area contributed by atoms with Gasteiger partial charge in [0.1, 0.15) is 5.75 Å². The number of nitrogens with zero attached hydrogens (tertiary/aromatic N) is 3. The average molecular weight is 333 g/mol. The Morgan fingerprint density at radius 2 is 1.92 bits per heavy atom. The van der Waals surface area contributed by atoms with Gasteiger partial charge < -0.3 is 9.64 Å². The van der Waals surface area contributed by atoms with Crippen molar-refractivity contribution in [3.8, 4) is 5.75 Å². The van der Waals surface area contributed by atoms with Gasteiger partial charge in [-0.3, -0.25) is 4.79 Å². The van der Waals surface area contributed by atoms with E-state index in [0.717, 1.165) is 28.3 Å². The van der Waals surface area contributed by atoms with E-state index in [0.29, 0.717) is 12.3 Å². The van der Waals surface area contributed by atoms with Gasteiger partial charge in [0.15, 0.2) is 5.71 Å². The number of para-hydroxylation sites is 1. The predicted octanol–water partition coefficient (Wildman–Crippen LogP) is 3.44.